The lowest BCUT2D eigenvalue weighted by Crippen LogP contribution is -2.31. The number of ether oxygens (including phenoxy) is 4. The van der Waals surface area contributed by atoms with E-state index in [0.29, 0.717) is 11.1 Å². The first-order valence-corrected chi connectivity index (χ1v) is 34.2. The Morgan fingerprint density at radius 1 is 0.337 bits per heavy atom. The maximum Gasteiger partial charge on any atom is 0.344 e. The third kappa shape index (κ3) is 17.0. The molecule has 0 aliphatic heterocycles. The van der Waals surface area contributed by atoms with Crippen molar-refractivity contribution in [1.29, 1.82) is 0 Å². The fraction of sp³-hybridized carbons (Fsp3) is 0.500. The zero-order chi connectivity index (χ0) is 64.8. The maximum absolute atomic E-state index is 13.8. The van der Waals surface area contributed by atoms with E-state index >= 15 is 0 Å². The first-order valence-electron chi connectivity index (χ1n) is 30.7. The van der Waals surface area contributed by atoms with E-state index in [2.05, 4.69) is 251 Å². The summed E-state index contributed by atoms with van der Waals surface area (Å²) < 4.78 is 25.2. The highest BCUT2D eigenvalue weighted by molar-refractivity contribution is 7.80. The minimum absolute atomic E-state index is 0.164. The van der Waals surface area contributed by atoms with Gasteiger partial charge in [0.25, 0.3) is 0 Å². The van der Waals surface area contributed by atoms with Gasteiger partial charge in [0.2, 0.25) is 0 Å². The van der Waals surface area contributed by atoms with Crippen LogP contribution < -0.4 is 41.3 Å². The molecule has 0 aliphatic carbocycles. The van der Waals surface area contributed by atoms with E-state index in [9.17, 15) is 9.59 Å². The molecule has 86 heavy (non-hydrogen) atoms. The molecule has 0 N–H and O–H groups in total. The van der Waals surface area contributed by atoms with Gasteiger partial charge in [-0.2, -0.15) is 0 Å². The molecule has 0 spiro atoms. The number of benzene rings is 6. The second-order valence-electron chi connectivity index (χ2n) is 31.5. The first-order chi connectivity index (χ1) is 39.2. The highest BCUT2D eigenvalue weighted by Gasteiger charge is 2.37. The predicted molar refractivity (Wildman–Crippen MR) is 373 cm³/mol. The van der Waals surface area contributed by atoms with E-state index < -0.39 is 41.0 Å². The zero-order valence-electron chi connectivity index (χ0n) is 57.2. The van der Waals surface area contributed by atoms with Gasteiger partial charge in [-0.25, -0.2) is 9.59 Å². The monoisotopic (exact) mass is 1240 g/mol. The first kappa shape index (κ1) is 70.4. The highest BCUT2D eigenvalue weighted by Crippen LogP contribution is 2.53. The van der Waals surface area contributed by atoms with Crippen LogP contribution in [0.25, 0.3) is 11.1 Å². The molecule has 6 rings (SSSR count). The summed E-state index contributed by atoms with van der Waals surface area (Å²) in [6.45, 7) is 57.7. The molecule has 0 saturated heterocycles. The number of hydrogen-bond acceptors (Lipinski definition) is 6. The maximum atomic E-state index is 13.8. The summed E-state index contributed by atoms with van der Waals surface area (Å²) >= 11 is 15.5. The molecule has 0 aromatic heterocycles. The summed E-state index contributed by atoms with van der Waals surface area (Å²) in [5, 5.41) is 6.87. The van der Waals surface area contributed by atoms with Gasteiger partial charge in [-0.3, -0.25) is 0 Å². The van der Waals surface area contributed by atoms with Gasteiger partial charge in [0, 0.05) is 11.1 Å². The van der Waals surface area contributed by atoms with Crippen molar-refractivity contribution in [2.75, 3.05) is 26.4 Å². The van der Waals surface area contributed by atoms with Gasteiger partial charge < -0.3 is 18.9 Å². The van der Waals surface area contributed by atoms with Gasteiger partial charge in [0.1, 0.15) is 11.5 Å². The third-order valence-corrected chi connectivity index (χ3v) is 21.2. The smallest absolute Gasteiger partial charge is 0.344 e. The lowest BCUT2D eigenvalue weighted by Gasteiger charge is -2.34. The average molecular weight is 1240 g/mol. The Balaban J connectivity index is 2.06. The normalized spacial score (nSPS) is 13.1. The molecule has 0 radical (unpaired) electrons. The molecule has 0 aliphatic rings. The van der Waals surface area contributed by atoms with Gasteiger partial charge in [0.05, 0.1) is 23.3 Å². The van der Waals surface area contributed by atoms with Gasteiger partial charge in [-0.1, -0.05) is 274 Å². The fourth-order valence-corrected chi connectivity index (χ4v) is 15.8. The number of esters is 2. The number of halogens is 2. The second kappa shape index (κ2) is 26.0. The van der Waals surface area contributed by atoms with Gasteiger partial charge in [-0.15, -0.1) is 0 Å². The van der Waals surface area contributed by atoms with Crippen LogP contribution >= 0.6 is 39.0 Å². The van der Waals surface area contributed by atoms with Gasteiger partial charge in [-0.05, 0) is 161 Å². The fourth-order valence-electron chi connectivity index (χ4n) is 10.2. The molecule has 0 atom stereocenters. The lowest BCUT2D eigenvalue weighted by atomic mass is 9.81. The molecule has 6 aromatic carbocycles. The number of carbonyl (C=O) groups excluding carboxylic acids is 2. The minimum Gasteiger partial charge on any atom is -0.480 e. The van der Waals surface area contributed by atoms with E-state index in [4.69, 9.17) is 42.1 Å². The van der Waals surface area contributed by atoms with Crippen LogP contribution in [0, 0.1) is 0 Å². The van der Waals surface area contributed by atoms with Gasteiger partial charge in [0.15, 0.2) is 13.2 Å². The van der Waals surface area contributed by atoms with Crippen LogP contribution in [0.3, 0.4) is 0 Å². The quantitative estimate of drug-likeness (QED) is 0.0754. The van der Waals surface area contributed by atoms with E-state index in [1.54, 1.807) is 13.8 Å². The topological polar surface area (TPSA) is 71.1 Å². The van der Waals surface area contributed by atoms with Crippen molar-refractivity contribution >= 4 is 82.8 Å². The van der Waals surface area contributed by atoms with Crippen molar-refractivity contribution in [1.82, 2.24) is 0 Å². The molecular weight excluding hydrogens is 1140 g/mol. The summed E-state index contributed by atoms with van der Waals surface area (Å²) in [5.74, 6) is -0.546. The van der Waals surface area contributed by atoms with Crippen LogP contribution in [0.2, 0.25) is 10.0 Å². The van der Waals surface area contributed by atoms with Crippen molar-refractivity contribution in [2.45, 2.75) is 223 Å². The Kier molecular flexibility index (Phi) is 21.3. The molecule has 0 unspecified atom stereocenters. The summed E-state index contributed by atoms with van der Waals surface area (Å²) in [4.78, 5) is 27.7. The molecule has 0 fully saturated rings. The van der Waals surface area contributed by atoms with E-state index in [1.807, 2.05) is 12.1 Å². The highest BCUT2D eigenvalue weighted by atomic mass is 35.5. The SMILES string of the molecule is CCOC(=O)COc1c(Cl)ccc(P(c2cc(C(C)(C)C)cc(C(C)(C)C)c2)c2cc(C(C)(C)C)cc(C(C)(C)C)c2)c1-c1c(P(c2cc(C(C)(C)C)cc(C(C)(C)C)c2)c2cc(C(C)(C)C)cc(C(C)(C)C)c2)ccc(Cl)c1OCC(=O)OCC. The van der Waals surface area contributed by atoms with Crippen LogP contribution in [0.5, 0.6) is 11.5 Å². The molecule has 10 heteroatoms. The van der Waals surface area contributed by atoms with Crippen LogP contribution in [0.1, 0.15) is 225 Å². The summed E-state index contributed by atoms with van der Waals surface area (Å²) in [6.07, 6.45) is 0. The van der Waals surface area contributed by atoms with Crippen LogP contribution in [-0.4, -0.2) is 38.4 Å². The lowest BCUT2D eigenvalue weighted by molar-refractivity contribution is -0.146. The molecule has 0 bridgehead atoms. The molecule has 0 amide bonds. The summed E-state index contributed by atoms with van der Waals surface area (Å²) in [6, 6.07) is 36.8. The van der Waals surface area contributed by atoms with Crippen molar-refractivity contribution in [3.8, 4) is 22.6 Å². The molecule has 6 nitrogen and oxygen atoms in total. The Hall–Kier alpha value is -4.70. The third-order valence-electron chi connectivity index (χ3n) is 15.8. The number of carbonyl (C=O) groups is 2. The average Bonchev–Trinajstić information content (AvgIpc) is 2.44. The largest absolute Gasteiger partial charge is 0.480 e. The van der Waals surface area contributed by atoms with Crippen LogP contribution in [-0.2, 0) is 62.4 Å². The van der Waals surface area contributed by atoms with Crippen molar-refractivity contribution in [3.63, 3.8) is 0 Å². The molecule has 0 saturated carbocycles. The molecule has 466 valence electrons. The van der Waals surface area contributed by atoms with E-state index in [0.717, 1.165) is 31.8 Å². The van der Waals surface area contributed by atoms with Crippen LogP contribution in [0.15, 0.2) is 97.1 Å². The van der Waals surface area contributed by atoms with Crippen molar-refractivity contribution in [3.05, 3.63) is 152 Å². The van der Waals surface area contributed by atoms with Gasteiger partial charge >= 0.3 is 11.9 Å². The molecule has 6 aromatic rings. The summed E-state index contributed by atoms with van der Waals surface area (Å²) in [5.41, 5.74) is 9.00. The van der Waals surface area contributed by atoms with Crippen LogP contribution in [0.4, 0.5) is 0 Å². The molecule has 0 heterocycles. The van der Waals surface area contributed by atoms with E-state index in [-0.39, 0.29) is 78.1 Å². The predicted octanol–water partition coefficient (Wildman–Crippen LogP) is 18.4. The van der Waals surface area contributed by atoms with E-state index in [1.165, 1.54) is 44.5 Å². The second-order valence-corrected chi connectivity index (χ2v) is 36.7. The number of hydrogen-bond donors (Lipinski definition) is 0. The summed E-state index contributed by atoms with van der Waals surface area (Å²) in [7, 11) is -3.23. The zero-order valence-corrected chi connectivity index (χ0v) is 60.5. The minimum atomic E-state index is -1.62. The molecular formula is C76H102Cl2O6P2. The number of rotatable bonds is 15. The Morgan fingerprint density at radius 2 is 0.535 bits per heavy atom. The van der Waals surface area contributed by atoms with Crippen molar-refractivity contribution < 1.29 is 28.5 Å². The van der Waals surface area contributed by atoms with Crippen molar-refractivity contribution in [2.24, 2.45) is 0 Å². The Labute approximate surface area is 532 Å². The Bertz CT molecular complexity index is 2940. The Morgan fingerprint density at radius 3 is 0.709 bits per heavy atom. The standard InChI is InChI=1S/C76H102Cl2O6P2/c1-27-81-63(79)45-83-67-59(77)29-31-61(85(55-37-47(69(3,4)5)33-48(38-55)70(6,7)8)56-39-49(71(9,10)11)34-50(40-56)72(12,13)14)65(67)66-62(32-30-60(78)68(66)84-46-64(80)82-28-2)86(57-41-51(73(15,16)17)35-52(42-57)74(18,19)20)58-43-53(75(21,22)23)36-54(44-58)76(24,25)26/h29-44H,27-28,45-46H2,1-26H3.